The van der Waals surface area contributed by atoms with Crippen LogP contribution in [0, 0.1) is 24.2 Å². The number of anilines is 2. The van der Waals surface area contributed by atoms with Crippen LogP contribution in [0.2, 0.25) is 5.15 Å². The normalized spacial score (nSPS) is 37.0. The molecule has 6 nitrogen and oxygen atoms in total. The molecular formula is C30H37ClN6. The SMILES string of the molecule is C#Cc1cncc(N2CCC3(CC4CCN3C4)C2)c1.Clc1ccc(N2CCC3(CC4CCN3C4)C2)cn1. The molecule has 6 unspecified atom stereocenters. The van der Waals surface area contributed by atoms with Gasteiger partial charge in [0.2, 0.25) is 0 Å². The Morgan fingerprint density at radius 2 is 1.49 bits per heavy atom. The van der Waals surface area contributed by atoms with Crippen LogP contribution in [-0.2, 0) is 0 Å². The van der Waals surface area contributed by atoms with E-state index < -0.39 is 0 Å². The first-order chi connectivity index (χ1) is 18.0. The molecule has 0 radical (unpaired) electrons. The molecule has 6 aliphatic rings. The van der Waals surface area contributed by atoms with Crippen LogP contribution in [0.25, 0.3) is 0 Å². The molecule has 0 amide bonds. The highest BCUT2D eigenvalue weighted by atomic mass is 35.5. The molecule has 0 aliphatic carbocycles. The fourth-order valence-electron chi connectivity index (χ4n) is 8.43. The van der Waals surface area contributed by atoms with Crippen molar-refractivity contribution in [3.05, 3.63) is 47.5 Å². The van der Waals surface area contributed by atoms with Crippen molar-refractivity contribution in [2.75, 3.05) is 62.2 Å². The standard InChI is InChI=1S/C16H19N3.C14H18ClN3/c1-2-13-7-15(10-17-9-13)18-6-4-16(12-18)8-14-3-5-19(16)11-14;15-13-2-1-12(8-16-13)17-6-4-14(10-17)7-11-3-5-18(14)9-11/h1,7,9-10,14H,3-6,8,11-12H2;1-2,8,11H,3-7,9-10H2. The van der Waals surface area contributed by atoms with Gasteiger partial charge in [0.05, 0.1) is 23.8 Å². The third kappa shape index (κ3) is 4.20. The predicted molar refractivity (Wildman–Crippen MR) is 149 cm³/mol. The molecule has 0 N–H and O–H groups in total. The summed E-state index contributed by atoms with van der Waals surface area (Å²) in [5.41, 5.74) is 4.22. The molecular weight excluding hydrogens is 480 g/mol. The molecule has 8 rings (SSSR count). The summed E-state index contributed by atoms with van der Waals surface area (Å²) in [6.45, 7) is 9.92. The minimum Gasteiger partial charge on any atom is -0.368 e. The monoisotopic (exact) mass is 516 g/mol. The quantitative estimate of drug-likeness (QED) is 0.441. The van der Waals surface area contributed by atoms with Crippen LogP contribution in [0.4, 0.5) is 11.4 Å². The van der Waals surface area contributed by atoms with Crippen molar-refractivity contribution in [1.82, 2.24) is 19.8 Å². The first-order valence-electron chi connectivity index (χ1n) is 14.1. The lowest BCUT2D eigenvalue weighted by Crippen LogP contribution is -2.46. The summed E-state index contributed by atoms with van der Waals surface area (Å²) in [6.07, 6.45) is 19.3. The smallest absolute Gasteiger partial charge is 0.129 e. The Labute approximate surface area is 226 Å². The van der Waals surface area contributed by atoms with E-state index in [9.17, 15) is 0 Å². The van der Waals surface area contributed by atoms with Crippen molar-refractivity contribution in [1.29, 1.82) is 0 Å². The van der Waals surface area contributed by atoms with Crippen molar-refractivity contribution in [3.63, 3.8) is 0 Å². The maximum atomic E-state index is 5.85. The number of rotatable bonds is 2. The summed E-state index contributed by atoms with van der Waals surface area (Å²) in [6, 6.07) is 6.08. The zero-order valence-electron chi connectivity index (χ0n) is 21.7. The van der Waals surface area contributed by atoms with Crippen LogP contribution >= 0.6 is 11.6 Å². The number of aromatic nitrogens is 2. The number of piperidine rings is 2. The maximum absolute atomic E-state index is 5.85. The van der Waals surface area contributed by atoms with E-state index in [4.69, 9.17) is 18.0 Å². The average molecular weight is 517 g/mol. The predicted octanol–water partition coefficient (Wildman–Crippen LogP) is 4.15. The van der Waals surface area contributed by atoms with E-state index in [1.165, 1.54) is 82.6 Å². The van der Waals surface area contributed by atoms with Crippen molar-refractivity contribution in [3.8, 4) is 12.3 Å². The topological polar surface area (TPSA) is 38.7 Å². The zero-order chi connectivity index (χ0) is 25.0. The van der Waals surface area contributed by atoms with Crippen LogP contribution < -0.4 is 9.80 Å². The van der Waals surface area contributed by atoms with E-state index in [0.29, 0.717) is 16.2 Å². The molecule has 8 heterocycles. The average Bonchev–Trinajstić information content (AvgIpc) is 3.77. The van der Waals surface area contributed by atoms with Gasteiger partial charge >= 0.3 is 0 Å². The fourth-order valence-corrected chi connectivity index (χ4v) is 8.54. The Kier molecular flexibility index (Phi) is 5.88. The van der Waals surface area contributed by atoms with E-state index in [1.54, 1.807) is 6.20 Å². The Balaban J connectivity index is 0.000000125. The molecule has 6 saturated heterocycles. The van der Waals surface area contributed by atoms with Gasteiger partial charge < -0.3 is 9.80 Å². The summed E-state index contributed by atoms with van der Waals surface area (Å²) in [5.74, 6) is 4.60. The second-order valence-corrected chi connectivity index (χ2v) is 12.7. The van der Waals surface area contributed by atoms with Gasteiger partial charge in [-0.2, -0.15) is 0 Å². The number of fused-ring (bicyclic) bond motifs is 6. The van der Waals surface area contributed by atoms with E-state index >= 15 is 0 Å². The maximum Gasteiger partial charge on any atom is 0.129 e. The molecule has 37 heavy (non-hydrogen) atoms. The lowest BCUT2D eigenvalue weighted by atomic mass is 9.87. The van der Waals surface area contributed by atoms with Gasteiger partial charge in [-0.05, 0) is 81.6 Å². The van der Waals surface area contributed by atoms with Crippen LogP contribution in [0.3, 0.4) is 0 Å². The molecule has 194 valence electrons. The lowest BCUT2D eigenvalue weighted by molar-refractivity contribution is 0.155. The molecule has 2 aromatic heterocycles. The Morgan fingerprint density at radius 3 is 2.00 bits per heavy atom. The lowest BCUT2D eigenvalue weighted by Gasteiger charge is -2.36. The highest BCUT2D eigenvalue weighted by Crippen LogP contribution is 2.47. The molecule has 6 fully saturated rings. The van der Waals surface area contributed by atoms with E-state index in [1.807, 2.05) is 18.5 Å². The van der Waals surface area contributed by atoms with Gasteiger partial charge in [-0.1, -0.05) is 17.5 Å². The minimum absolute atomic E-state index is 0.453. The largest absolute Gasteiger partial charge is 0.368 e. The summed E-state index contributed by atoms with van der Waals surface area (Å²) < 4.78 is 0. The van der Waals surface area contributed by atoms with Gasteiger partial charge in [-0.3, -0.25) is 14.8 Å². The number of nitrogens with zero attached hydrogens (tertiary/aromatic N) is 6. The third-order valence-electron chi connectivity index (χ3n) is 10.2. The van der Waals surface area contributed by atoms with Gasteiger partial charge in [0.25, 0.3) is 0 Å². The second kappa shape index (κ2) is 9.15. The zero-order valence-corrected chi connectivity index (χ0v) is 22.4. The van der Waals surface area contributed by atoms with E-state index in [2.05, 4.69) is 47.6 Å². The number of terminal acetylenes is 1. The first-order valence-corrected chi connectivity index (χ1v) is 14.5. The molecule has 4 bridgehead atoms. The fraction of sp³-hybridized carbons (Fsp3) is 0.600. The Hall–Kier alpha value is -2.33. The van der Waals surface area contributed by atoms with Crippen molar-refractivity contribution in [2.45, 2.75) is 49.6 Å². The highest BCUT2D eigenvalue weighted by molar-refractivity contribution is 6.29. The summed E-state index contributed by atoms with van der Waals surface area (Å²) in [5, 5.41) is 0.580. The molecule has 2 spiro atoms. The highest BCUT2D eigenvalue weighted by Gasteiger charge is 2.53. The molecule has 6 aliphatic heterocycles. The summed E-state index contributed by atoms with van der Waals surface area (Å²) >= 11 is 5.85. The number of pyridine rings is 2. The van der Waals surface area contributed by atoms with Gasteiger partial charge in [0.1, 0.15) is 5.15 Å². The Bertz CT molecular complexity index is 1200. The van der Waals surface area contributed by atoms with E-state index in [0.717, 1.165) is 37.0 Å². The van der Waals surface area contributed by atoms with Gasteiger partial charge in [0.15, 0.2) is 0 Å². The van der Waals surface area contributed by atoms with Crippen molar-refractivity contribution >= 4 is 23.0 Å². The summed E-state index contributed by atoms with van der Waals surface area (Å²) in [4.78, 5) is 18.9. The van der Waals surface area contributed by atoms with Gasteiger partial charge in [0, 0.05) is 62.1 Å². The summed E-state index contributed by atoms with van der Waals surface area (Å²) in [7, 11) is 0. The Morgan fingerprint density at radius 1 is 0.838 bits per heavy atom. The van der Waals surface area contributed by atoms with E-state index in [-0.39, 0.29) is 0 Å². The molecule has 2 aromatic rings. The van der Waals surface area contributed by atoms with Crippen LogP contribution in [0.5, 0.6) is 0 Å². The number of hydrogen-bond acceptors (Lipinski definition) is 6. The van der Waals surface area contributed by atoms with Crippen LogP contribution in [0.1, 0.15) is 44.1 Å². The molecule has 6 atom stereocenters. The molecule has 0 saturated carbocycles. The number of hydrogen-bond donors (Lipinski definition) is 0. The van der Waals surface area contributed by atoms with Gasteiger partial charge in [-0.15, -0.1) is 6.42 Å². The van der Waals surface area contributed by atoms with Gasteiger partial charge in [-0.25, -0.2) is 4.98 Å². The van der Waals surface area contributed by atoms with Crippen LogP contribution in [0.15, 0.2) is 36.8 Å². The molecule has 7 heteroatoms. The number of halogens is 1. The van der Waals surface area contributed by atoms with Crippen molar-refractivity contribution < 1.29 is 0 Å². The van der Waals surface area contributed by atoms with Crippen LogP contribution in [-0.4, -0.2) is 83.2 Å². The minimum atomic E-state index is 0.453. The third-order valence-corrected chi connectivity index (χ3v) is 10.5. The van der Waals surface area contributed by atoms with Crippen molar-refractivity contribution in [2.24, 2.45) is 11.8 Å². The second-order valence-electron chi connectivity index (χ2n) is 12.3. The molecule has 0 aromatic carbocycles. The first kappa shape index (κ1) is 23.8.